The lowest BCUT2D eigenvalue weighted by Gasteiger charge is -2.17. The van der Waals surface area contributed by atoms with Crippen molar-refractivity contribution in [3.63, 3.8) is 0 Å². The van der Waals surface area contributed by atoms with Crippen LogP contribution in [0.25, 0.3) is 22.2 Å². The fourth-order valence-corrected chi connectivity index (χ4v) is 3.45. The summed E-state index contributed by atoms with van der Waals surface area (Å²) >= 11 is 1.56. The van der Waals surface area contributed by atoms with E-state index in [2.05, 4.69) is 25.2 Å². The summed E-state index contributed by atoms with van der Waals surface area (Å²) in [6.45, 7) is 2.07. The number of nitrogens with zero attached hydrogens (tertiary/aromatic N) is 5. The van der Waals surface area contributed by atoms with Crippen LogP contribution in [0.4, 0.5) is 0 Å². The van der Waals surface area contributed by atoms with Crippen LogP contribution in [0.5, 0.6) is 5.75 Å². The van der Waals surface area contributed by atoms with E-state index in [4.69, 9.17) is 18.4 Å². The molecule has 156 valence electrons. The quantitative estimate of drug-likeness (QED) is 0.376. The molecule has 0 N–H and O–H groups in total. The van der Waals surface area contributed by atoms with E-state index in [-0.39, 0.29) is 0 Å². The van der Waals surface area contributed by atoms with Crippen LogP contribution in [-0.2, 0) is 17.8 Å². The van der Waals surface area contributed by atoms with Crippen LogP contribution in [0, 0.1) is 0 Å². The highest BCUT2D eigenvalue weighted by atomic mass is 32.1. The van der Waals surface area contributed by atoms with Gasteiger partial charge in [0.15, 0.2) is 0 Å². The Hall–Kier alpha value is -3.08. The summed E-state index contributed by atoms with van der Waals surface area (Å²) in [5.41, 5.74) is 0.853. The Morgan fingerprint density at radius 2 is 1.87 bits per heavy atom. The second kappa shape index (κ2) is 9.61. The normalized spacial score (nSPS) is 11.3. The summed E-state index contributed by atoms with van der Waals surface area (Å²) < 4.78 is 21.7. The maximum atomic E-state index is 5.80. The van der Waals surface area contributed by atoms with Crippen molar-refractivity contribution < 1.29 is 18.4 Å². The molecule has 0 aliphatic rings. The Morgan fingerprint density at radius 1 is 1.03 bits per heavy atom. The molecule has 30 heavy (non-hydrogen) atoms. The number of thiophene rings is 1. The first-order valence-electron chi connectivity index (χ1n) is 9.29. The first kappa shape index (κ1) is 20.2. The predicted molar refractivity (Wildman–Crippen MR) is 110 cm³/mol. The van der Waals surface area contributed by atoms with Gasteiger partial charge >= 0.3 is 0 Å². The van der Waals surface area contributed by atoms with Gasteiger partial charge in [0.25, 0.3) is 5.89 Å². The zero-order valence-electron chi connectivity index (χ0n) is 16.6. The average molecular weight is 427 g/mol. The Labute approximate surface area is 177 Å². The topological polar surface area (TPSA) is 99.5 Å². The Bertz CT molecular complexity index is 1050. The first-order chi connectivity index (χ1) is 14.7. The second-order valence-electron chi connectivity index (χ2n) is 6.42. The van der Waals surface area contributed by atoms with E-state index < -0.39 is 0 Å². The summed E-state index contributed by atoms with van der Waals surface area (Å²) in [4.78, 5) is 7.50. The van der Waals surface area contributed by atoms with Gasteiger partial charge in [0, 0.05) is 19.2 Å². The molecular formula is C20H21N5O4S. The van der Waals surface area contributed by atoms with E-state index in [1.54, 1.807) is 25.6 Å². The minimum absolute atomic E-state index is 0.434. The monoisotopic (exact) mass is 427 g/mol. The van der Waals surface area contributed by atoms with E-state index in [0.29, 0.717) is 49.7 Å². The van der Waals surface area contributed by atoms with E-state index in [1.807, 2.05) is 41.8 Å². The molecule has 0 saturated heterocycles. The average Bonchev–Trinajstić information content (AvgIpc) is 3.53. The number of methoxy groups -OCH3 is 2. The van der Waals surface area contributed by atoms with Gasteiger partial charge in [-0.3, -0.25) is 4.90 Å². The molecule has 1 aromatic carbocycles. The molecule has 9 nitrogen and oxygen atoms in total. The van der Waals surface area contributed by atoms with Gasteiger partial charge in [-0.2, -0.15) is 4.98 Å². The standard InChI is InChI=1S/C20H21N5O4S/c1-26-10-9-25(13-18-22-23-20(28-18)16-4-3-11-30-16)12-17-21-19(24-29-17)14-5-7-15(27-2)8-6-14/h3-8,11H,9-10,12-13H2,1-2H3. The van der Waals surface area contributed by atoms with E-state index in [0.717, 1.165) is 16.2 Å². The summed E-state index contributed by atoms with van der Waals surface area (Å²) in [5.74, 6) is 2.83. The molecule has 0 radical (unpaired) electrons. The molecule has 10 heteroatoms. The largest absolute Gasteiger partial charge is 0.497 e. The van der Waals surface area contributed by atoms with Gasteiger partial charge in [0.05, 0.1) is 31.7 Å². The number of benzene rings is 1. The van der Waals surface area contributed by atoms with Gasteiger partial charge < -0.3 is 18.4 Å². The molecule has 4 rings (SSSR count). The zero-order chi connectivity index (χ0) is 20.8. The lowest BCUT2D eigenvalue weighted by molar-refractivity contribution is 0.125. The van der Waals surface area contributed by atoms with Crippen molar-refractivity contribution in [2.24, 2.45) is 0 Å². The SMILES string of the molecule is COCCN(Cc1nc(-c2ccc(OC)cc2)no1)Cc1nnc(-c2cccs2)o1. The maximum Gasteiger partial charge on any atom is 0.257 e. The summed E-state index contributed by atoms with van der Waals surface area (Å²) in [7, 11) is 3.29. The van der Waals surface area contributed by atoms with Gasteiger partial charge in [-0.25, -0.2) is 0 Å². The molecular weight excluding hydrogens is 406 g/mol. The molecule has 0 fully saturated rings. The fourth-order valence-electron chi connectivity index (χ4n) is 2.81. The minimum Gasteiger partial charge on any atom is -0.497 e. The molecule has 0 spiro atoms. The third kappa shape index (κ3) is 4.90. The fraction of sp³-hybridized carbons (Fsp3) is 0.300. The van der Waals surface area contributed by atoms with Crippen LogP contribution in [0.15, 0.2) is 50.7 Å². The van der Waals surface area contributed by atoms with Crippen molar-refractivity contribution in [3.05, 3.63) is 53.6 Å². The van der Waals surface area contributed by atoms with E-state index in [9.17, 15) is 0 Å². The van der Waals surface area contributed by atoms with Crippen LogP contribution < -0.4 is 4.74 Å². The number of hydrogen-bond acceptors (Lipinski definition) is 10. The molecule has 0 saturated carbocycles. The van der Waals surface area contributed by atoms with E-state index >= 15 is 0 Å². The van der Waals surface area contributed by atoms with Crippen molar-refractivity contribution in [2.75, 3.05) is 27.4 Å². The lowest BCUT2D eigenvalue weighted by atomic mass is 10.2. The van der Waals surface area contributed by atoms with Gasteiger partial charge in [-0.1, -0.05) is 11.2 Å². The molecule has 0 unspecified atom stereocenters. The smallest absolute Gasteiger partial charge is 0.257 e. The molecule has 3 heterocycles. The lowest BCUT2D eigenvalue weighted by Crippen LogP contribution is -2.27. The highest BCUT2D eigenvalue weighted by Crippen LogP contribution is 2.24. The van der Waals surface area contributed by atoms with Crippen molar-refractivity contribution in [3.8, 4) is 27.9 Å². The zero-order valence-corrected chi connectivity index (χ0v) is 17.5. The second-order valence-corrected chi connectivity index (χ2v) is 7.37. The highest BCUT2D eigenvalue weighted by Gasteiger charge is 2.17. The predicted octanol–water partition coefficient (Wildman–Crippen LogP) is 3.51. The van der Waals surface area contributed by atoms with Crippen LogP contribution in [0.2, 0.25) is 0 Å². The van der Waals surface area contributed by atoms with Crippen molar-refractivity contribution in [1.82, 2.24) is 25.2 Å². The Kier molecular flexibility index (Phi) is 6.47. The Balaban J connectivity index is 1.44. The van der Waals surface area contributed by atoms with Crippen LogP contribution in [0.3, 0.4) is 0 Å². The third-order valence-electron chi connectivity index (χ3n) is 4.34. The van der Waals surface area contributed by atoms with Gasteiger partial charge in [0.2, 0.25) is 17.6 Å². The Morgan fingerprint density at radius 3 is 2.60 bits per heavy atom. The van der Waals surface area contributed by atoms with Crippen LogP contribution >= 0.6 is 11.3 Å². The highest BCUT2D eigenvalue weighted by molar-refractivity contribution is 7.13. The number of rotatable bonds is 10. The summed E-state index contributed by atoms with van der Waals surface area (Å²) in [6, 6.07) is 11.4. The van der Waals surface area contributed by atoms with Crippen molar-refractivity contribution in [2.45, 2.75) is 13.1 Å². The number of aromatic nitrogens is 4. The van der Waals surface area contributed by atoms with Crippen molar-refractivity contribution in [1.29, 1.82) is 0 Å². The van der Waals surface area contributed by atoms with Gasteiger partial charge in [-0.15, -0.1) is 21.5 Å². The summed E-state index contributed by atoms with van der Waals surface area (Å²) in [5, 5.41) is 14.3. The van der Waals surface area contributed by atoms with Gasteiger partial charge in [-0.05, 0) is 35.7 Å². The summed E-state index contributed by atoms with van der Waals surface area (Å²) in [6.07, 6.45) is 0. The molecule has 3 aromatic heterocycles. The first-order valence-corrected chi connectivity index (χ1v) is 10.2. The molecule has 0 atom stereocenters. The van der Waals surface area contributed by atoms with Gasteiger partial charge in [0.1, 0.15) is 5.75 Å². The number of hydrogen-bond donors (Lipinski definition) is 0. The van der Waals surface area contributed by atoms with Crippen LogP contribution in [0.1, 0.15) is 11.8 Å². The van der Waals surface area contributed by atoms with E-state index in [1.165, 1.54) is 0 Å². The number of ether oxygens (including phenoxy) is 2. The maximum absolute atomic E-state index is 5.80. The molecule has 0 amide bonds. The molecule has 0 aliphatic heterocycles. The van der Waals surface area contributed by atoms with Crippen molar-refractivity contribution >= 4 is 11.3 Å². The molecule has 0 bridgehead atoms. The minimum atomic E-state index is 0.434. The molecule has 0 aliphatic carbocycles. The third-order valence-corrected chi connectivity index (χ3v) is 5.20. The molecule has 4 aromatic rings. The van der Waals surface area contributed by atoms with Crippen LogP contribution in [-0.4, -0.2) is 52.6 Å².